The van der Waals surface area contributed by atoms with Gasteiger partial charge in [0.15, 0.2) is 0 Å². The van der Waals surface area contributed by atoms with E-state index in [4.69, 9.17) is 0 Å². The molecule has 1 aliphatic carbocycles. The van der Waals surface area contributed by atoms with Gasteiger partial charge >= 0.3 is 0 Å². The first-order chi connectivity index (χ1) is 9.79. The maximum atomic E-state index is 12.8. The molecule has 1 saturated carbocycles. The summed E-state index contributed by atoms with van der Waals surface area (Å²) in [5.74, 6) is 0.629. The predicted molar refractivity (Wildman–Crippen MR) is 77.8 cm³/mol. The van der Waals surface area contributed by atoms with Crippen molar-refractivity contribution in [3.63, 3.8) is 0 Å². The molecule has 1 aliphatic rings. The Hall–Kier alpha value is -1.94. The van der Waals surface area contributed by atoms with Gasteiger partial charge in [0.25, 0.3) is 0 Å². The van der Waals surface area contributed by atoms with Gasteiger partial charge < -0.3 is 10.6 Å². The second-order valence-corrected chi connectivity index (χ2v) is 5.19. The quantitative estimate of drug-likeness (QED) is 0.847. The number of benzene rings is 1. The van der Waals surface area contributed by atoms with Gasteiger partial charge in [0.05, 0.1) is 0 Å². The number of halogens is 1. The van der Waals surface area contributed by atoms with Crippen molar-refractivity contribution >= 4 is 5.82 Å². The minimum atomic E-state index is -0.209. The highest BCUT2D eigenvalue weighted by molar-refractivity contribution is 5.36. The predicted octanol–water partition coefficient (Wildman–Crippen LogP) is 3.08. The van der Waals surface area contributed by atoms with Gasteiger partial charge in [0.2, 0.25) is 0 Å². The Balaban J connectivity index is 1.50. The molecule has 104 valence electrons. The van der Waals surface area contributed by atoms with E-state index < -0.39 is 0 Å². The number of nitrogens with zero attached hydrogens (tertiary/aromatic N) is 1. The van der Waals surface area contributed by atoms with Crippen LogP contribution in [0.25, 0.3) is 0 Å². The second kappa shape index (κ2) is 6.01. The largest absolute Gasteiger partial charge is 0.366 e. The molecule has 20 heavy (non-hydrogen) atoms. The minimum Gasteiger partial charge on any atom is -0.366 e. The van der Waals surface area contributed by atoms with Gasteiger partial charge in [-0.15, -0.1) is 0 Å². The minimum absolute atomic E-state index is 0.209. The first-order valence-electron chi connectivity index (χ1n) is 6.96. The lowest BCUT2D eigenvalue weighted by atomic mass is 10.2. The summed E-state index contributed by atoms with van der Waals surface area (Å²) in [5.41, 5.74) is 2.23. The van der Waals surface area contributed by atoms with Crippen LogP contribution in [0.3, 0.4) is 0 Å². The number of hydrogen-bond acceptors (Lipinski definition) is 3. The lowest BCUT2D eigenvalue weighted by Gasteiger charge is -2.07. The van der Waals surface area contributed by atoms with Gasteiger partial charge in [-0.1, -0.05) is 18.2 Å². The van der Waals surface area contributed by atoms with Crippen LogP contribution in [0, 0.1) is 5.82 Å². The lowest BCUT2D eigenvalue weighted by Crippen LogP contribution is -2.15. The number of hydrogen-bond donors (Lipinski definition) is 2. The SMILES string of the molecule is Fc1ccc(CNc2ccc(CNC3CC3)cn2)cc1. The van der Waals surface area contributed by atoms with E-state index in [-0.39, 0.29) is 5.82 Å². The van der Waals surface area contributed by atoms with E-state index in [1.807, 2.05) is 12.3 Å². The summed E-state index contributed by atoms with van der Waals surface area (Å²) in [7, 11) is 0. The highest BCUT2D eigenvalue weighted by Gasteiger charge is 2.19. The van der Waals surface area contributed by atoms with Gasteiger partial charge in [0, 0.05) is 25.3 Å². The summed E-state index contributed by atoms with van der Waals surface area (Å²) >= 11 is 0. The molecule has 0 bridgehead atoms. The molecule has 1 heterocycles. The van der Waals surface area contributed by atoms with Crippen LogP contribution in [-0.2, 0) is 13.1 Å². The van der Waals surface area contributed by atoms with Crippen molar-refractivity contribution in [2.75, 3.05) is 5.32 Å². The van der Waals surface area contributed by atoms with Gasteiger partial charge in [-0.3, -0.25) is 0 Å². The summed E-state index contributed by atoms with van der Waals surface area (Å²) in [5, 5.41) is 6.69. The molecular weight excluding hydrogens is 253 g/mol. The zero-order valence-electron chi connectivity index (χ0n) is 11.3. The first kappa shape index (κ1) is 13.1. The van der Waals surface area contributed by atoms with Crippen molar-refractivity contribution in [3.05, 3.63) is 59.5 Å². The fourth-order valence-electron chi connectivity index (χ4n) is 1.98. The third-order valence-corrected chi connectivity index (χ3v) is 3.38. The number of pyridine rings is 1. The van der Waals surface area contributed by atoms with Crippen molar-refractivity contribution in [1.82, 2.24) is 10.3 Å². The van der Waals surface area contributed by atoms with Crippen molar-refractivity contribution in [3.8, 4) is 0 Å². The summed E-state index contributed by atoms with van der Waals surface area (Å²) in [6.07, 6.45) is 4.48. The van der Waals surface area contributed by atoms with E-state index in [1.54, 1.807) is 12.1 Å². The molecule has 1 aromatic heterocycles. The molecule has 4 heteroatoms. The van der Waals surface area contributed by atoms with Crippen LogP contribution in [0.2, 0.25) is 0 Å². The molecule has 1 fully saturated rings. The summed E-state index contributed by atoms with van der Waals surface area (Å²) in [6, 6.07) is 11.3. The van der Waals surface area contributed by atoms with E-state index in [2.05, 4.69) is 21.7 Å². The van der Waals surface area contributed by atoms with Crippen molar-refractivity contribution in [1.29, 1.82) is 0 Å². The Morgan fingerprint density at radius 3 is 2.40 bits per heavy atom. The van der Waals surface area contributed by atoms with Crippen LogP contribution in [0.5, 0.6) is 0 Å². The zero-order chi connectivity index (χ0) is 13.8. The number of nitrogens with one attached hydrogen (secondary N) is 2. The van der Waals surface area contributed by atoms with Crippen LogP contribution in [0.4, 0.5) is 10.2 Å². The summed E-state index contributed by atoms with van der Waals surface area (Å²) in [4.78, 5) is 4.38. The molecule has 1 aromatic carbocycles. The number of anilines is 1. The average Bonchev–Trinajstić information content (AvgIpc) is 3.30. The number of aromatic nitrogens is 1. The molecule has 2 aromatic rings. The highest BCUT2D eigenvalue weighted by atomic mass is 19.1. The lowest BCUT2D eigenvalue weighted by molar-refractivity contribution is 0.627. The van der Waals surface area contributed by atoms with Gasteiger partial charge in [-0.25, -0.2) is 9.37 Å². The first-order valence-corrected chi connectivity index (χ1v) is 6.96. The molecular formula is C16H18FN3. The molecule has 0 saturated heterocycles. The molecule has 0 radical (unpaired) electrons. The molecule has 0 aliphatic heterocycles. The van der Waals surface area contributed by atoms with Gasteiger partial charge in [0.1, 0.15) is 11.6 Å². The molecule has 3 rings (SSSR count). The second-order valence-electron chi connectivity index (χ2n) is 5.19. The Morgan fingerprint density at radius 1 is 1.00 bits per heavy atom. The van der Waals surface area contributed by atoms with Gasteiger partial charge in [-0.05, 0) is 42.2 Å². The van der Waals surface area contributed by atoms with Crippen LogP contribution >= 0.6 is 0 Å². The van der Waals surface area contributed by atoms with E-state index in [1.165, 1.54) is 30.5 Å². The standard InChI is InChI=1S/C16H18FN3/c17-14-4-1-12(2-5-14)9-19-16-8-3-13(11-20-16)10-18-15-6-7-15/h1-5,8,11,15,18H,6-7,9-10H2,(H,19,20). The van der Waals surface area contributed by atoms with Crippen LogP contribution in [0.15, 0.2) is 42.6 Å². The Morgan fingerprint density at radius 2 is 1.75 bits per heavy atom. The highest BCUT2D eigenvalue weighted by Crippen LogP contribution is 2.19. The smallest absolute Gasteiger partial charge is 0.126 e. The zero-order valence-corrected chi connectivity index (χ0v) is 11.3. The summed E-state index contributed by atoms with van der Waals surface area (Å²) < 4.78 is 12.8. The van der Waals surface area contributed by atoms with Crippen molar-refractivity contribution < 1.29 is 4.39 Å². The van der Waals surface area contributed by atoms with Crippen LogP contribution in [0.1, 0.15) is 24.0 Å². The van der Waals surface area contributed by atoms with E-state index in [9.17, 15) is 4.39 Å². The third-order valence-electron chi connectivity index (χ3n) is 3.38. The normalized spacial score (nSPS) is 14.2. The summed E-state index contributed by atoms with van der Waals surface area (Å²) in [6.45, 7) is 1.53. The topological polar surface area (TPSA) is 37.0 Å². The van der Waals surface area contributed by atoms with E-state index in [0.29, 0.717) is 12.6 Å². The van der Waals surface area contributed by atoms with Gasteiger partial charge in [-0.2, -0.15) is 0 Å². The Kier molecular flexibility index (Phi) is 3.92. The molecule has 2 N–H and O–H groups in total. The van der Waals surface area contributed by atoms with Crippen molar-refractivity contribution in [2.24, 2.45) is 0 Å². The average molecular weight is 271 g/mol. The third kappa shape index (κ3) is 3.78. The molecule has 3 nitrogen and oxygen atoms in total. The molecule has 0 amide bonds. The molecule has 0 unspecified atom stereocenters. The van der Waals surface area contributed by atoms with Crippen LogP contribution < -0.4 is 10.6 Å². The Bertz CT molecular complexity index is 547. The van der Waals surface area contributed by atoms with Crippen LogP contribution in [-0.4, -0.2) is 11.0 Å². The van der Waals surface area contributed by atoms with E-state index in [0.717, 1.165) is 17.9 Å². The van der Waals surface area contributed by atoms with E-state index >= 15 is 0 Å². The number of rotatable bonds is 6. The Labute approximate surface area is 118 Å². The molecule has 0 spiro atoms. The maximum Gasteiger partial charge on any atom is 0.126 e. The monoisotopic (exact) mass is 271 g/mol. The fourth-order valence-corrected chi connectivity index (χ4v) is 1.98. The van der Waals surface area contributed by atoms with Crippen molar-refractivity contribution in [2.45, 2.75) is 32.0 Å². The fraction of sp³-hybridized carbons (Fsp3) is 0.312. The molecule has 0 atom stereocenters. The maximum absolute atomic E-state index is 12.8.